The van der Waals surface area contributed by atoms with E-state index >= 15 is 0 Å². The number of carboxylic acid groups (broad SMARTS) is 1. The Kier molecular flexibility index (Phi) is 5.26. The van der Waals surface area contributed by atoms with Gasteiger partial charge in [-0.1, -0.05) is 13.8 Å². The van der Waals surface area contributed by atoms with E-state index in [0.717, 1.165) is 12.3 Å². The van der Waals surface area contributed by atoms with Gasteiger partial charge in [-0.3, -0.25) is 10.2 Å². The second kappa shape index (κ2) is 6.88. The minimum Gasteiger partial charge on any atom is -0.478 e. The molecule has 132 valence electrons. The number of anilines is 1. The van der Waals surface area contributed by atoms with Crippen LogP contribution in [0.3, 0.4) is 0 Å². The largest absolute Gasteiger partial charge is 0.478 e. The van der Waals surface area contributed by atoms with Crippen LogP contribution in [0, 0.1) is 5.92 Å². The van der Waals surface area contributed by atoms with Crippen molar-refractivity contribution in [2.24, 2.45) is 5.92 Å². The Morgan fingerprint density at radius 1 is 1.25 bits per heavy atom. The Morgan fingerprint density at radius 2 is 1.92 bits per heavy atom. The lowest BCUT2D eigenvalue weighted by Gasteiger charge is -2.13. The second-order valence-electron chi connectivity index (χ2n) is 6.24. The summed E-state index contributed by atoms with van der Waals surface area (Å²) in [7, 11) is -3.60. The summed E-state index contributed by atoms with van der Waals surface area (Å²) in [6.07, 6.45) is 1.57. The molecule has 1 aromatic carbocycles. The molecule has 9 heteroatoms. The van der Waals surface area contributed by atoms with Crippen LogP contribution in [0.5, 0.6) is 0 Å². The van der Waals surface area contributed by atoms with Gasteiger partial charge in [0.1, 0.15) is 6.04 Å². The molecule has 1 heterocycles. The number of hydrogen-bond donors (Lipinski definition) is 4. The maximum Gasteiger partial charge on any atom is 0.335 e. The molecule has 0 saturated carbocycles. The Labute approximate surface area is 140 Å². The minimum absolute atomic E-state index is 0.134. The van der Waals surface area contributed by atoms with Gasteiger partial charge < -0.3 is 10.4 Å². The smallest absolute Gasteiger partial charge is 0.335 e. The van der Waals surface area contributed by atoms with Crippen LogP contribution in [0.2, 0.25) is 0 Å². The molecular weight excluding hydrogens is 334 g/mol. The number of amides is 1. The summed E-state index contributed by atoms with van der Waals surface area (Å²) in [6.45, 7) is 4.07. The molecule has 0 radical (unpaired) electrons. The first kappa shape index (κ1) is 18.4. The Hall–Kier alpha value is -1.97. The van der Waals surface area contributed by atoms with Crippen LogP contribution >= 0.6 is 0 Å². The quantitative estimate of drug-likeness (QED) is 0.610. The van der Waals surface area contributed by atoms with Gasteiger partial charge in [-0.15, -0.1) is 0 Å². The zero-order valence-corrected chi connectivity index (χ0v) is 14.5. The highest BCUT2D eigenvalue weighted by atomic mass is 32.2. The third-order valence-corrected chi connectivity index (χ3v) is 4.99. The fourth-order valence-corrected chi connectivity index (χ4v) is 3.11. The number of rotatable bonds is 5. The van der Waals surface area contributed by atoms with Crippen LogP contribution in [0.25, 0.3) is 0 Å². The van der Waals surface area contributed by atoms with Crippen molar-refractivity contribution in [1.82, 2.24) is 10.9 Å². The van der Waals surface area contributed by atoms with Crippen LogP contribution in [0.1, 0.15) is 30.6 Å². The number of carbonyl (C=O) groups is 2. The van der Waals surface area contributed by atoms with Crippen molar-refractivity contribution in [3.05, 3.63) is 23.8 Å². The van der Waals surface area contributed by atoms with Crippen LogP contribution in [0.4, 0.5) is 5.69 Å². The average Bonchev–Trinajstić information content (AvgIpc) is 2.96. The molecule has 8 nitrogen and oxygen atoms in total. The number of hydrogen-bond acceptors (Lipinski definition) is 6. The number of sulfone groups is 1. The lowest BCUT2D eigenvalue weighted by molar-refractivity contribution is -0.117. The first-order valence-corrected chi connectivity index (χ1v) is 9.37. The molecule has 2 unspecified atom stereocenters. The molecule has 4 N–H and O–H groups in total. The van der Waals surface area contributed by atoms with E-state index in [0.29, 0.717) is 12.3 Å². The third kappa shape index (κ3) is 4.31. The van der Waals surface area contributed by atoms with E-state index in [9.17, 15) is 18.0 Å². The topological polar surface area (TPSA) is 125 Å². The van der Waals surface area contributed by atoms with Gasteiger partial charge in [0.05, 0.1) is 10.5 Å². The third-order valence-electron chi connectivity index (χ3n) is 3.90. The van der Waals surface area contributed by atoms with Crippen LogP contribution in [0.15, 0.2) is 23.1 Å². The second-order valence-corrected chi connectivity index (χ2v) is 8.26. The summed E-state index contributed by atoms with van der Waals surface area (Å²) >= 11 is 0. The monoisotopic (exact) mass is 355 g/mol. The van der Waals surface area contributed by atoms with Gasteiger partial charge in [0.15, 0.2) is 9.84 Å². The molecule has 1 fully saturated rings. The fourth-order valence-electron chi connectivity index (χ4n) is 2.43. The first-order chi connectivity index (χ1) is 11.1. The number of carbonyl (C=O) groups excluding carboxylic acids is 1. The molecule has 0 aliphatic carbocycles. The molecule has 1 aliphatic heterocycles. The SMILES string of the molecule is CC(C)C1CC(C(=O)Nc2cc(C(=O)O)cc(S(C)(=O)=O)c2)NN1. The summed E-state index contributed by atoms with van der Waals surface area (Å²) in [5, 5.41) is 11.7. The van der Waals surface area contributed by atoms with E-state index in [-0.39, 0.29) is 28.1 Å². The van der Waals surface area contributed by atoms with E-state index in [1.54, 1.807) is 0 Å². The predicted octanol–water partition coefficient (Wildman–Crippen LogP) is 0.618. The van der Waals surface area contributed by atoms with Crippen molar-refractivity contribution in [3.8, 4) is 0 Å². The summed E-state index contributed by atoms with van der Waals surface area (Å²) < 4.78 is 23.4. The number of aromatic carboxylic acids is 1. The average molecular weight is 355 g/mol. The van der Waals surface area contributed by atoms with Gasteiger partial charge in [0, 0.05) is 18.0 Å². The van der Waals surface area contributed by atoms with Gasteiger partial charge in [0.25, 0.3) is 0 Å². The van der Waals surface area contributed by atoms with Crippen LogP contribution < -0.4 is 16.2 Å². The summed E-state index contributed by atoms with van der Waals surface area (Å²) in [6, 6.07) is 3.22. The van der Waals surface area contributed by atoms with Gasteiger partial charge in [-0.2, -0.15) is 0 Å². The Bertz CT molecular complexity index is 760. The molecule has 0 bridgehead atoms. The van der Waals surface area contributed by atoms with E-state index in [4.69, 9.17) is 5.11 Å². The standard InChI is InChI=1S/C15H21N3O5S/c1-8(2)12-7-13(18-17-12)14(19)16-10-4-9(15(20)21)5-11(6-10)24(3,22)23/h4-6,8,12-13,17-18H,7H2,1-3H3,(H,16,19)(H,20,21). The molecule has 2 atom stereocenters. The van der Waals surface area contributed by atoms with Gasteiger partial charge >= 0.3 is 5.97 Å². The molecule has 1 aliphatic rings. The molecule has 0 spiro atoms. The summed E-state index contributed by atoms with van der Waals surface area (Å²) in [4.78, 5) is 23.3. The normalized spacial score (nSPS) is 21.0. The maximum atomic E-state index is 12.3. The van der Waals surface area contributed by atoms with Gasteiger partial charge in [-0.25, -0.2) is 18.6 Å². The lowest BCUT2D eigenvalue weighted by Crippen LogP contribution is -2.40. The summed E-state index contributed by atoms with van der Waals surface area (Å²) in [5.41, 5.74) is 5.86. The Balaban J connectivity index is 2.21. The van der Waals surface area contributed by atoms with E-state index in [2.05, 4.69) is 16.2 Å². The zero-order valence-electron chi connectivity index (χ0n) is 13.7. The van der Waals surface area contributed by atoms with Crippen LogP contribution in [-0.2, 0) is 14.6 Å². The Morgan fingerprint density at radius 3 is 2.42 bits per heavy atom. The number of nitrogens with one attached hydrogen (secondary N) is 3. The van der Waals surface area contributed by atoms with Crippen molar-refractivity contribution in [3.63, 3.8) is 0 Å². The van der Waals surface area contributed by atoms with Crippen molar-refractivity contribution in [1.29, 1.82) is 0 Å². The van der Waals surface area contributed by atoms with Crippen molar-refractivity contribution in [2.45, 2.75) is 37.2 Å². The van der Waals surface area contributed by atoms with Crippen molar-refractivity contribution >= 4 is 27.4 Å². The van der Waals surface area contributed by atoms with Crippen molar-refractivity contribution in [2.75, 3.05) is 11.6 Å². The highest BCUT2D eigenvalue weighted by molar-refractivity contribution is 7.90. The minimum atomic E-state index is -3.60. The number of hydrazine groups is 1. The molecule has 2 rings (SSSR count). The summed E-state index contributed by atoms with van der Waals surface area (Å²) in [5.74, 6) is -1.27. The van der Waals surface area contributed by atoms with Crippen LogP contribution in [-0.4, -0.2) is 43.7 Å². The maximum absolute atomic E-state index is 12.3. The number of carboxylic acids is 1. The molecule has 24 heavy (non-hydrogen) atoms. The molecule has 1 saturated heterocycles. The van der Waals surface area contributed by atoms with Crippen molar-refractivity contribution < 1.29 is 23.1 Å². The van der Waals surface area contributed by atoms with E-state index < -0.39 is 21.8 Å². The first-order valence-electron chi connectivity index (χ1n) is 7.48. The number of benzene rings is 1. The highest BCUT2D eigenvalue weighted by Gasteiger charge is 2.31. The molecular formula is C15H21N3O5S. The van der Waals surface area contributed by atoms with Gasteiger partial charge in [0.2, 0.25) is 5.91 Å². The lowest BCUT2D eigenvalue weighted by atomic mass is 9.99. The molecule has 0 aromatic heterocycles. The highest BCUT2D eigenvalue weighted by Crippen LogP contribution is 2.21. The van der Waals surface area contributed by atoms with E-state index in [1.165, 1.54) is 12.1 Å². The van der Waals surface area contributed by atoms with E-state index in [1.807, 2.05) is 13.8 Å². The van der Waals surface area contributed by atoms with Gasteiger partial charge in [-0.05, 0) is 30.5 Å². The zero-order chi connectivity index (χ0) is 18.1. The fraction of sp³-hybridized carbons (Fsp3) is 0.467. The molecule has 1 aromatic rings. The molecule has 1 amide bonds. The predicted molar refractivity (Wildman–Crippen MR) is 88.4 cm³/mol.